The third-order valence-electron chi connectivity index (χ3n) is 4.01. The molecule has 0 aliphatic carbocycles. The maximum atomic E-state index is 12.1. The Labute approximate surface area is 146 Å². The van der Waals surface area contributed by atoms with Crippen molar-refractivity contribution in [3.05, 3.63) is 48.4 Å². The predicted octanol–water partition coefficient (Wildman–Crippen LogP) is 2.02. The standard InChI is InChI=1S/C18H23N3O4/c1-21(2)14(15-8-5-9-23-15)11-20-18(22)19-10-13-12-24-16-6-3-4-7-17(16)25-13/h3-9,13-14H,10-12H2,1-2H3,(H2,19,20,22)/t13-,14-/m1/s1. The number of nitrogens with one attached hydrogen (secondary N) is 2. The van der Waals surface area contributed by atoms with Gasteiger partial charge in [0.15, 0.2) is 17.6 Å². The number of urea groups is 1. The van der Waals surface area contributed by atoms with Crippen molar-refractivity contribution in [3.8, 4) is 11.5 Å². The lowest BCUT2D eigenvalue weighted by molar-refractivity contribution is 0.0917. The summed E-state index contributed by atoms with van der Waals surface area (Å²) in [5.41, 5.74) is 0. The molecule has 1 aliphatic heterocycles. The topological polar surface area (TPSA) is 76.0 Å². The normalized spacial score (nSPS) is 17.2. The maximum Gasteiger partial charge on any atom is 0.314 e. The lowest BCUT2D eigenvalue weighted by Gasteiger charge is -2.27. The molecule has 1 aromatic heterocycles. The van der Waals surface area contributed by atoms with E-state index in [4.69, 9.17) is 13.9 Å². The Morgan fingerprint density at radius 3 is 2.72 bits per heavy atom. The number of furan rings is 1. The average molecular weight is 345 g/mol. The fourth-order valence-corrected chi connectivity index (χ4v) is 2.64. The van der Waals surface area contributed by atoms with Crippen molar-refractivity contribution >= 4 is 6.03 Å². The van der Waals surface area contributed by atoms with Gasteiger partial charge >= 0.3 is 6.03 Å². The number of hydrogen-bond donors (Lipinski definition) is 2. The zero-order valence-electron chi connectivity index (χ0n) is 14.4. The molecule has 2 atom stereocenters. The minimum atomic E-state index is -0.249. The first kappa shape index (κ1) is 17.2. The molecular weight excluding hydrogens is 322 g/mol. The number of rotatable bonds is 6. The smallest absolute Gasteiger partial charge is 0.314 e. The summed E-state index contributed by atoms with van der Waals surface area (Å²) in [5, 5.41) is 5.68. The summed E-state index contributed by atoms with van der Waals surface area (Å²) < 4.78 is 16.9. The Kier molecular flexibility index (Phi) is 5.45. The number of carbonyl (C=O) groups is 1. The van der Waals surface area contributed by atoms with Crippen molar-refractivity contribution in [1.29, 1.82) is 0 Å². The molecule has 2 N–H and O–H groups in total. The monoisotopic (exact) mass is 345 g/mol. The zero-order chi connectivity index (χ0) is 17.6. The van der Waals surface area contributed by atoms with Crippen LogP contribution < -0.4 is 20.1 Å². The molecule has 1 aromatic carbocycles. The van der Waals surface area contributed by atoms with E-state index in [1.54, 1.807) is 6.26 Å². The van der Waals surface area contributed by atoms with Crippen LogP contribution in [-0.2, 0) is 0 Å². The molecule has 0 unspecified atom stereocenters. The van der Waals surface area contributed by atoms with Crippen LogP contribution >= 0.6 is 0 Å². The van der Waals surface area contributed by atoms with Gasteiger partial charge in [-0.25, -0.2) is 4.79 Å². The molecule has 7 heteroatoms. The number of hydrogen-bond acceptors (Lipinski definition) is 5. The molecule has 0 bridgehead atoms. The molecule has 0 saturated heterocycles. The van der Waals surface area contributed by atoms with Gasteiger partial charge < -0.3 is 24.5 Å². The lowest BCUT2D eigenvalue weighted by Crippen LogP contribution is -2.46. The Bertz CT molecular complexity index is 687. The number of amides is 2. The van der Waals surface area contributed by atoms with Gasteiger partial charge in [-0.3, -0.25) is 4.90 Å². The first-order valence-electron chi connectivity index (χ1n) is 8.23. The second-order valence-corrected chi connectivity index (χ2v) is 6.08. The van der Waals surface area contributed by atoms with Gasteiger partial charge in [0.2, 0.25) is 0 Å². The summed E-state index contributed by atoms with van der Waals surface area (Å²) in [7, 11) is 3.88. The highest BCUT2D eigenvalue weighted by molar-refractivity contribution is 5.73. The van der Waals surface area contributed by atoms with Gasteiger partial charge in [-0.05, 0) is 38.4 Å². The molecule has 0 radical (unpaired) electrons. The molecular formula is C18H23N3O4. The highest BCUT2D eigenvalue weighted by Gasteiger charge is 2.22. The number of carbonyl (C=O) groups excluding carboxylic acids is 1. The fourth-order valence-electron chi connectivity index (χ4n) is 2.64. The van der Waals surface area contributed by atoms with E-state index < -0.39 is 0 Å². The molecule has 1 aliphatic rings. The molecule has 0 fully saturated rings. The summed E-state index contributed by atoms with van der Waals surface area (Å²) in [6.07, 6.45) is 1.42. The molecule has 3 rings (SSSR count). The van der Waals surface area contributed by atoms with Crippen molar-refractivity contribution in [2.45, 2.75) is 12.1 Å². The average Bonchev–Trinajstić information content (AvgIpc) is 3.14. The molecule has 0 saturated carbocycles. The summed E-state index contributed by atoms with van der Waals surface area (Å²) in [6.45, 7) is 1.22. The van der Waals surface area contributed by atoms with Crippen molar-refractivity contribution in [2.75, 3.05) is 33.8 Å². The van der Waals surface area contributed by atoms with E-state index in [-0.39, 0.29) is 18.2 Å². The van der Waals surface area contributed by atoms with Crippen molar-refractivity contribution in [3.63, 3.8) is 0 Å². The SMILES string of the molecule is CN(C)[C@H](CNC(=O)NC[C@@H]1COc2ccccc2O1)c1ccco1. The van der Waals surface area contributed by atoms with Crippen molar-refractivity contribution in [2.24, 2.45) is 0 Å². The molecule has 2 aromatic rings. The second-order valence-electron chi connectivity index (χ2n) is 6.08. The van der Waals surface area contributed by atoms with Gasteiger partial charge in [0.05, 0.1) is 18.8 Å². The van der Waals surface area contributed by atoms with Crippen molar-refractivity contribution < 1.29 is 18.7 Å². The third-order valence-corrected chi connectivity index (χ3v) is 4.01. The molecule has 25 heavy (non-hydrogen) atoms. The van der Waals surface area contributed by atoms with Gasteiger partial charge in [-0.1, -0.05) is 12.1 Å². The van der Waals surface area contributed by atoms with E-state index in [2.05, 4.69) is 10.6 Å². The predicted molar refractivity (Wildman–Crippen MR) is 92.9 cm³/mol. The third kappa shape index (κ3) is 4.45. The highest BCUT2D eigenvalue weighted by atomic mass is 16.6. The van der Waals surface area contributed by atoms with Crippen LogP contribution in [0, 0.1) is 0 Å². The van der Waals surface area contributed by atoms with Gasteiger partial charge in [0, 0.05) is 6.54 Å². The number of benzene rings is 1. The quantitative estimate of drug-likeness (QED) is 0.838. The van der Waals surface area contributed by atoms with Crippen LogP contribution in [0.25, 0.3) is 0 Å². The highest BCUT2D eigenvalue weighted by Crippen LogP contribution is 2.30. The van der Waals surface area contributed by atoms with E-state index in [0.29, 0.717) is 25.4 Å². The number of likely N-dealkylation sites (N-methyl/N-ethyl adjacent to an activating group) is 1. The van der Waals surface area contributed by atoms with Crippen LogP contribution in [0.4, 0.5) is 4.79 Å². The van der Waals surface area contributed by atoms with E-state index in [1.165, 1.54) is 0 Å². The minimum Gasteiger partial charge on any atom is -0.486 e. The van der Waals surface area contributed by atoms with Crippen LogP contribution in [0.15, 0.2) is 47.1 Å². The van der Waals surface area contributed by atoms with Gasteiger partial charge in [0.25, 0.3) is 0 Å². The Morgan fingerprint density at radius 2 is 2.00 bits per heavy atom. The minimum absolute atomic E-state index is 0.0260. The summed E-state index contributed by atoms with van der Waals surface area (Å²) >= 11 is 0. The van der Waals surface area contributed by atoms with E-state index in [9.17, 15) is 4.79 Å². The van der Waals surface area contributed by atoms with E-state index in [0.717, 1.165) is 11.5 Å². The van der Waals surface area contributed by atoms with Crippen LogP contribution in [0.5, 0.6) is 11.5 Å². The van der Waals surface area contributed by atoms with E-state index in [1.807, 2.05) is 55.4 Å². The van der Waals surface area contributed by atoms with Crippen LogP contribution in [0.3, 0.4) is 0 Å². The van der Waals surface area contributed by atoms with E-state index >= 15 is 0 Å². The second kappa shape index (κ2) is 7.94. The maximum absolute atomic E-state index is 12.1. The Morgan fingerprint density at radius 1 is 1.20 bits per heavy atom. The number of fused-ring (bicyclic) bond motifs is 1. The lowest BCUT2D eigenvalue weighted by atomic mass is 10.2. The molecule has 2 heterocycles. The number of para-hydroxylation sites is 2. The largest absolute Gasteiger partial charge is 0.486 e. The van der Waals surface area contributed by atoms with Gasteiger partial charge in [-0.15, -0.1) is 0 Å². The van der Waals surface area contributed by atoms with Crippen molar-refractivity contribution in [1.82, 2.24) is 15.5 Å². The van der Waals surface area contributed by atoms with Crippen LogP contribution in [0.1, 0.15) is 11.8 Å². The van der Waals surface area contributed by atoms with Gasteiger partial charge in [0.1, 0.15) is 12.4 Å². The van der Waals surface area contributed by atoms with Crippen LogP contribution in [0.2, 0.25) is 0 Å². The first-order chi connectivity index (χ1) is 12.1. The Hall–Kier alpha value is -2.67. The fraction of sp³-hybridized carbons (Fsp3) is 0.389. The molecule has 2 amide bonds. The molecule has 0 spiro atoms. The molecule has 7 nitrogen and oxygen atoms in total. The summed E-state index contributed by atoms with van der Waals surface area (Å²) in [6, 6.07) is 11.0. The summed E-state index contributed by atoms with van der Waals surface area (Å²) in [5.74, 6) is 2.24. The number of ether oxygens (including phenoxy) is 2. The zero-order valence-corrected chi connectivity index (χ0v) is 14.4. The molecule has 134 valence electrons. The van der Waals surface area contributed by atoms with Crippen LogP contribution in [-0.4, -0.2) is 50.8 Å². The number of nitrogens with zero attached hydrogens (tertiary/aromatic N) is 1. The first-order valence-corrected chi connectivity index (χ1v) is 8.23. The summed E-state index contributed by atoms with van der Waals surface area (Å²) in [4.78, 5) is 14.1. The van der Waals surface area contributed by atoms with Gasteiger partial charge in [-0.2, -0.15) is 0 Å². The Balaban J connectivity index is 1.44.